The second-order valence-electron chi connectivity index (χ2n) is 3.20. The van der Waals surface area contributed by atoms with Gasteiger partial charge in [0.2, 0.25) is 0 Å². The van der Waals surface area contributed by atoms with E-state index >= 15 is 0 Å². The van der Waals surface area contributed by atoms with Gasteiger partial charge < -0.3 is 9.15 Å². The smallest absolute Gasteiger partial charge is 0.153 e. The standard InChI is InChI=1S/C11H9BrO3/c1-6-3-8-9(15-6)4-7(5-13)11(14-2)10(8)12/h3-5H,1-2H3. The molecule has 1 aromatic carbocycles. The van der Waals surface area contributed by atoms with E-state index in [1.165, 1.54) is 7.11 Å². The fourth-order valence-corrected chi connectivity index (χ4v) is 2.26. The minimum atomic E-state index is 0.478. The summed E-state index contributed by atoms with van der Waals surface area (Å²) >= 11 is 3.40. The molecule has 1 heterocycles. The van der Waals surface area contributed by atoms with Gasteiger partial charge in [-0.05, 0) is 35.0 Å². The predicted molar refractivity (Wildman–Crippen MR) is 60.6 cm³/mol. The van der Waals surface area contributed by atoms with Crippen LogP contribution in [0.1, 0.15) is 16.1 Å². The van der Waals surface area contributed by atoms with Crippen LogP contribution in [-0.4, -0.2) is 13.4 Å². The number of hydrogen-bond donors (Lipinski definition) is 0. The van der Waals surface area contributed by atoms with Crippen molar-refractivity contribution in [1.29, 1.82) is 0 Å². The van der Waals surface area contributed by atoms with Crippen LogP contribution in [0, 0.1) is 6.92 Å². The molecule has 0 amide bonds. The largest absolute Gasteiger partial charge is 0.495 e. The second-order valence-corrected chi connectivity index (χ2v) is 3.99. The number of aldehydes is 1. The van der Waals surface area contributed by atoms with Crippen LogP contribution >= 0.6 is 15.9 Å². The molecule has 0 unspecified atom stereocenters. The third-order valence-electron chi connectivity index (χ3n) is 2.20. The second kappa shape index (κ2) is 3.70. The van der Waals surface area contributed by atoms with E-state index in [9.17, 15) is 4.79 Å². The van der Waals surface area contributed by atoms with Crippen molar-refractivity contribution in [3.63, 3.8) is 0 Å². The molecule has 0 atom stereocenters. The highest BCUT2D eigenvalue weighted by atomic mass is 79.9. The first-order chi connectivity index (χ1) is 7.17. The number of aryl methyl sites for hydroxylation is 1. The molecule has 0 aliphatic heterocycles. The Balaban J connectivity index is 2.86. The summed E-state index contributed by atoms with van der Waals surface area (Å²) in [4.78, 5) is 10.8. The Morgan fingerprint density at radius 1 is 1.47 bits per heavy atom. The lowest BCUT2D eigenvalue weighted by atomic mass is 10.1. The Morgan fingerprint density at radius 3 is 2.80 bits per heavy atom. The van der Waals surface area contributed by atoms with Crippen molar-refractivity contribution in [2.24, 2.45) is 0 Å². The monoisotopic (exact) mass is 268 g/mol. The fraction of sp³-hybridized carbons (Fsp3) is 0.182. The van der Waals surface area contributed by atoms with Gasteiger partial charge >= 0.3 is 0 Å². The molecule has 15 heavy (non-hydrogen) atoms. The summed E-state index contributed by atoms with van der Waals surface area (Å²) in [6.45, 7) is 1.86. The summed E-state index contributed by atoms with van der Waals surface area (Å²) in [6, 6.07) is 3.58. The van der Waals surface area contributed by atoms with Gasteiger partial charge in [-0.25, -0.2) is 0 Å². The molecule has 0 fully saturated rings. The quantitative estimate of drug-likeness (QED) is 0.785. The Morgan fingerprint density at radius 2 is 2.20 bits per heavy atom. The van der Waals surface area contributed by atoms with E-state index < -0.39 is 0 Å². The molecule has 0 spiro atoms. The summed E-state index contributed by atoms with van der Waals surface area (Å²) in [5.74, 6) is 1.34. The maximum atomic E-state index is 10.8. The molecule has 0 radical (unpaired) electrons. The van der Waals surface area contributed by atoms with Crippen LogP contribution in [0.2, 0.25) is 0 Å². The lowest BCUT2D eigenvalue weighted by molar-refractivity contribution is 0.112. The number of furan rings is 1. The van der Waals surface area contributed by atoms with Gasteiger partial charge in [0, 0.05) is 5.39 Å². The maximum Gasteiger partial charge on any atom is 0.153 e. The van der Waals surface area contributed by atoms with Crippen molar-refractivity contribution in [3.05, 3.63) is 27.9 Å². The number of hydrogen-bond acceptors (Lipinski definition) is 3. The number of carbonyl (C=O) groups excluding carboxylic acids is 1. The Labute approximate surface area is 95.1 Å². The normalized spacial score (nSPS) is 10.6. The number of rotatable bonds is 2. The van der Waals surface area contributed by atoms with E-state index in [1.807, 2.05) is 13.0 Å². The van der Waals surface area contributed by atoms with E-state index in [0.717, 1.165) is 21.9 Å². The van der Waals surface area contributed by atoms with Crippen LogP contribution < -0.4 is 4.74 Å². The van der Waals surface area contributed by atoms with Gasteiger partial charge in [-0.15, -0.1) is 0 Å². The van der Waals surface area contributed by atoms with Gasteiger partial charge in [-0.3, -0.25) is 4.79 Å². The Bertz CT molecular complexity index is 528. The zero-order valence-corrected chi connectivity index (χ0v) is 9.92. The molecular formula is C11H9BrO3. The first-order valence-electron chi connectivity index (χ1n) is 4.39. The van der Waals surface area contributed by atoms with Gasteiger partial charge in [0.1, 0.15) is 17.1 Å². The van der Waals surface area contributed by atoms with Gasteiger partial charge in [0.25, 0.3) is 0 Å². The molecule has 0 bridgehead atoms. The average Bonchev–Trinajstić information content (AvgIpc) is 2.59. The van der Waals surface area contributed by atoms with Crippen molar-refractivity contribution >= 4 is 33.2 Å². The molecule has 4 heteroatoms. The lowest BCUT2D eigenvalue weighted by Crippen LogP contribution is -1.91. The van der Waals surface area contributed by atoms with Crippen LogP contribution in [0.5, 0.6) is 5.75 Å². The van der Waals surface area contributed by atoms with Gasteiger partial charge in [-0.2, -0.15) is 0 Å². The van der Waals surface area contributed by atoms with E-state index in [2.05, 4.69) is 15.9 Å². The van der Waals surface area contributed by atoms with E-state index in [-0.39, 0.29) is 0 Å². The number of ether oxygens (including phenoxy) is 1. The van der Waals surface area contributed by atoms with Crippen LogP contribution in [-0.2, 0) is 0 Å². The molecule has 3 nitrogen and oxygen atoms in total. The zero-order chi connectivity index (χ0) is 11.0. The molecule has 0 aliphatic rings. The summed E-state index contributed by atoms with van der Waals surface area (Å²) in [6.07, 6.45) is 0.751. The van der Waals surface area contributed by atoms with Crippen LogP contribution in [0.3, 0.4) is 0 Å². The van der Waals surface area contributed by atoms with Gasteiger partial charge in [0.15, 0.2) is 6.29 Å². The Hall–Kier alpha value is -1.29. The van der Waals surface area contributed by atoms with Crippen LogP contribution in [0.4, 0.5) is 0 Å². The fourth-order valence-electron chi connectivity index (χ4n) is 1.56. The van der Waals surface area contributed by atoms with Crippen molar-refractivity contribution in [2.45, 2.75) is 6.92 Å². The summed E-state index contributed by atoms with van der Waals surface area (Å²) < 4.78 is 11.4. The van der Waals surface area contributed by atoms with Crippen molar-refractivity contribution in [2.75, 3.05) is 7.11 Å². The zero-order valence-electron chi connectivity index (χ0n) is 8.33. The highest BCUT2D eigenvalue weighted by molar-refractivity contribution is 9.10. The minimum absolute atomic E-state index is 0.478. The number of fused-ring (bicyclic) bond motifs is 1. The first-order valence-corrected chi connectivity index (χ1v) is 5.18. The topological polar surface area (TPSA) is 39.4 Å². The average molecular weight is 269 g/mol. The molecule has 0 aliphatic carbocycles. The van der Waals surface area contributed by atoms with Gasteiger partial charge in [0.05, 0.1) is 17.1 Å². The lowest BCUT2D eigenvalue weighted by Gasteiger charge is -2.06. The van der Waals surface area contributed by atoms with Crippen LogP contribution in [0.15, 0.2) is 21.0 Å². The minimum Gasteiger partial charge on any atom is -0.495 e. The van der Waals surface area contributed by atoms with Crippen molar-refractivity contribution < 1.29 is 13.9 Å². The van der Waals surface area contributed by atoms with Crippen molar-refractivity contribution in [3.8, 4) is 5.75 Å². The molecular weight excluding hydrogens is 260 g/mol. The summed E-state index contributed by atoms with van der Waals surface area (Å²) in [5, 5.41) is 0.912. The Kier molecular flexibility index (Phi) is 2.52. The SMILES string of the molecule is COc1c(C=O)cc2oc(C)cc2c1Br. The van der Waals surface area contributed by atoms with Crippen LogP contribution in [0.25, 0.3) is 11.0 Å². The molecule has 2 aromatic rings. The molecule has 1 aromatic heterocycles. The maximum absolute atomic E-state index is 10.8. The number of halogens is 1. The van der Waals surface area contributed by atoms with E-state index in [4.69, 9.17) is 9.15 Å². The highest BCUT2D eigenvalue weighted by Gasteiger charge is 2.14. The third kappa shape index (κ3) is 1.55. The number of methoxy groups -OCH3 is 1. The highest BCUT2D eigenvalue weighted by Crippen LogP contribution is 2.37. The third-order valence-corrected chi connectivity index (χ3v) is 2.99. The first kappa shape index (κ1) is 10.2. The van der Waals surface area contributed by atoms with Gasteiger partial charge in [-0.1, -0.05) is 0 Å². The molecule has 0 N–H and O–H groups in total. The molecule has 78 valence electrons. The molecule has 0 saturated heterocycles. The number of benzene rings is 1. The number of carbonyl (C=O) groups is 1. The van der Waals surface area contributed by atoms with E-state index in [1.54, 1.807) is 6.07 Å². The predicted octanol–water partition coefficient (Wildman–Crippen LogP) is 3.32. The molecule has 2 rings (SSSR count). The van der Waals surface area contributed by atoms with E-state index in [0.29, 0.717) is 16.9 Å². The summed E-state index contributed by atoms with van der Waals surface area (Å²) in [7, 11) is 1.53. The molecule has 0 saturated carbocycles. The van der Waals surface area contributed by atoms with Crippen molar-refractivity contribution in [1.82, 2.24) is 0 Å². The summed E-state index contributed by atoms with van der Waals surface area (Å²) in [5.41, 5.74) is 1.16.